The fraction of sp³-hybridized carbons (Fsp3) is 0. The molecular formula is C18H13N3O4. The smallest absolute Gasteiger partial charge is 0.272 e. The van der Waals surface area contributed by atoms with E-state index in [-0.39, 0.29) is 5.69 Å². The summed E-state index contributed by atoms with van der Waals surface area (Å²) in [5, 5.41) is 11.6. The Bertz CT molecular complexity index is 866. The molecule has 0 saturated carbocycles. The molecule has 25 heavy (non-hydrogen) atoms. The highest BCUT2D eigenvalue weighted by atomic mass is 16.6. The van der Waals surface area contributed by atoms with Crippen LogP contribution in [0.25, 0.3) is 12.2 Å². The number of anilines is 1. The first-order valence-electron chi connectivity index (χ1n) is 7.38. The van der Waals surface area contributed by atoms with E-state index in [0.717, 1.165) is 16.1 Å². The third-order valence-corrected chi connectivity index (χ3v) is 3.53. The Kier molecular flexibility index (Phi) is 4.38. The van der Waals surface area contributed by atoms with E-state index < -0.39 is 16.7 Å². The van der Waals surface area contributed by atoms with E-state index in [4.69, 9.17) is 0 Å². The van der Waals surface area contributed by atoms with Crippen LogP contribution >= 0.6 is 0 Å². The van der Waals surface area contributed by atoms with Crippen molar-refractivity contribution in [3.8, 4) is 0 Å². The lowest BCUT2D eigenvalue weighted by atomic mass is 10.1. The predicted octanol–water partition coefficient (Wildman–Crippen LogP) is 3.02. The van der Waals surface area contributed by atoms with Gasteiger partial charge >= 0.3 is 0 Å². The van der Waals surface area contributed by atoms with Gasteiger partial charge in [-0.05, 0) is 35.4 Å². The summed E-state index contributed by atoms with van der Waals surface area (Å²) in [6, 6.07) is 13.4. The minimum absolute atomic E-state index is 0.0491. The Balaban J connectivity index is 1.65. The molecule has 7 heteroatoms. The van der Waals surface area contributed by atoms with Gasteiger partial charge in [0.25, 0.3) is 17.5 Å². The molecule has 2 amide bonds. The van der Waals surface area contributed by atoms with Crippen LogP contribution in [0.1, 0.15) is 11.1 Å². The molecule has 0 spiro atoms. The van der Waals surface area contributed by atoms with E-state index in [1.807, 2.05) is 24.3 Å². The Hall–Kier alpha value is -3.74. The van der Waals surface area contributed by atoms with Crippen LogP contribution in [0.4, 0.5) is 11.4 Å². The molecule has 0 atom stereocenters. The van der Waals surface area contributed by atoms with Gasteiger partial charge in [-0.3, -0.25) is 25.1 Å². The summed E-state index contributed by atoms with van der Waals surface area (Å²) in [6.07, 6.45) is 6.11. The third-order valence-electron chi connectivity index (χ3n) is 3.53. The zero-order valence-electron chi connectivity index (χ0n) is 13.0. The molecule has 2 aromatic rings. The van der Waals surface area contributed by atoms with Crippen LogP contribution in [0.3, 0.4) is 0 Å². The number of carbonyl (C=O) groups excluding carboxylic acids is 2. The number of benzene rings is 2. The minimum Gasteiger partial charge on any atom is -0.288 e. The number of imide groups is 1. The van der Waals surface area contributed by atoms with Crippen molar-refractivity contribution in [3.05, 3.63) is 81.9 Å². The van der Waals surface area contributed by atoms with E-state index in [1.165, 1.54) is 24.3 Å². The zero-order valence-corrected chi connectivity index (χ0v) is 13.0. The summed E-state index contributed by atoms with van der Waals surface area (Å²) in [7, 11) is 0. The van der Waals surface area contributed by atoms with Crippen molar-refractivity contribution >= 4 is 35.3 Å². The number of rotatable bonds is 5. The first-order valence-corrected chi connectivity index (χ1v) is 7.38. The molecule has 0 aromatic heterocycles. The topological polar surface area (TPSA) is 92.6 Å². The first kappa shape index (κ1) is 16.1. The van der Waals surface area contributed by atoms with Gasteiger partial charge in [0.1, 0.15) is 0 Å². The SMILES string of the molecule is O=C1C=CC(=O)N1Nc1ccc(C=Cc2ccc([N+](=O)[O-])cc2)cc1. The molecule has 0 bridgehead atoms. The zero-order chi connectivity index (χ0) is 17.8. The van der Waals surface area contributed by atoms with Crippen LogP contribution in [0.5, 0.6) is 0 Å². The molecule has 1 N–H and O–H groups in total. The lowest BCUT2D eigenvalue weighted by Crippen LogP contribution is -2.35. The lowest BCUT2D eigenvalue weighted by molar-refractivity contribution is -0.384. The van der Waals surface area contributed by atoms with Crippen molar-refractivity contribution in [2.75, 3.05) is 5.43 Å². The second kappa shape index (κ2) is 6.79. The van der Waals surface area contributed by atoms with Crippen molar-refractivity contribution in [2.24, 2.45) is 0 Å². The number of nitro groups is 1. The van der Waals surface area contributed by atoms with E-state index in [0.29, 0.717) is 5.69 Å². The van der Waals surface area contributed by atoms with Crippen molar-refractivity contribution in [2.45, 2.75) is 0 Å². The van der Waals surface area contributed by atoms with Crippen molar-refractivity contribution in [1.29, 1.82) is 0 Å². The maximum atomic E-state index is 11.5. The van der Waals surface area contributed by atoms with Crippen LogP contribution in [0.2, 0.25) is 0 Å². The summed E-state index contributed by atoms with van der Waals surface area (Å²) in [4.78, 5) is 33.1. The highest BCUT2D eigenvalue weighted by molar-refractivity contribution is 6.13. The van der Waals surface area contributed by atoms with Gasteiger partial charge in [-0.15, -0.1) is 0 Å². The summed E-state index contributed by atoms with van der Waals surface area (Å²) >= 11 is 0. The number of nitro benzene ring substituents is 1. The van der Waals surface area contributed by atoms with Crippen molar-refractivity contribution < 1.29 is 14.5 Å². The normalized spacial score (nSPS) is 13.7. The highest BCUT2D eigenvalue weighted by Crippen LogP contribution is 2.17. The van der Waals surface area contributed by atoms with E-state index >= 15 is 0 Å². The van der Waals surface area contributed by atoms with Crippen LogP contribution in [-0.2, 0) is 9.59 Å². The van der Waals surface area contributed by atoms with Gasteiger partial charge in [0.15, 0.2) is 0 Å². The van der Waals surface area contributed by atoms with Gasteiger partial charge < -0.3 is 0 Å². The van der Waals surface area contributed by atoms with Crippen LogP contribution in [-0.4, -0.2) is 21.7 Å². The van der Waals surface area contributed by atoms with E-state index in [9.17, 15) is 19.7 Å². The Morgan fingerprint density at radius 3 is 1.80 bits per heavy atom. The van der Waals surface area contributed by atoms with E-state index in [2.05, 4.69) is 5.43 Å². The molecule has 0 fully saturated rings. The summed E-state index contributed by atoms with van der Waals surface area (Å²) in [5.74, 6) is -0.820. The molecule has 0 radical (unpaired) electrons. The predicted molar refractivity (Wildman–Crippen MR) is 93.1 cm³/mol. The average molecular weight is 335 g/mol. The van der Waals surface area contributed by atoms with Gasteiger partial charge in [-0.1, -0.05) is 24.3 Å². The van der Waals surface area contributed by atoms with Crippen molar-refractivity contribution in [3.63, 3.8) is 0 Å². The number of carbonyl (C=O) groups is 2. The van der Waals surface area contributed by atoms with Crippen LogP contribution in [0, 0.1) is 10.1 Å². The first-order chi connectivity index (χ1) is 12.0. The van der Waals surface area contributed by atoms with Crippen molar-refractivity contribution in [1.82, 2.24) is 5.01 Å². The number of nitrogens with one attached hydrogen (secondary N) is 1. The Labute approximate surface area is 143 Å². The molecule has 1 heterocycles. The van der Waals surface area contributed by atoms with Gasteiger partial charge in [0, 0.05) is 24.3 Å². The number of hydrazine groups is 1. The number of non-ortho nitro benzene ring substituents is 1. The molecule has 1 aliphatic rings. The van der Waals surface area contributed by atoms with Gasteiger partial charge in [0.05, 0.1) is 10.6 Å². The second-order valence-electron chi connectivity index (χ2n) is 5.26. The molecule has 0 aliphatic carbocycles. The van der Waals surface area contributed by atoms with Gasteiger partial charge in [-0.25, -0.2) is 0 Å². The summed E-state index contributed by atoms with van der Waals surface area (Å²) < 4.78 is 0. The fourth-order valence-corrected chi connectivity index (χ4v) is 2.21. The molecule has 7 nitrogen and oxygen atoms in total. The molecule has 2 aromatic carbocycles. The largest absolute Gasteiger partial charge is 0.288 e. The second-order valence-corrected chi connectivity index (χ2v) is 5.26. The highest BCUT2D eigenvalue weighted by Gasteiger charge is 2.23. The molecule has 3 rings (SSSR count). The Morgan fingerprint density at radius 1 is 0.840 bits per heavy atom. The maximum absolute atomic E-state index is 11.5. The number of hydrogen-bond donors (Lipinski definition) is 1. The summed E-state index contributed by atoms with van der Waals surface area (Å²) in [6.45, 7) is 0. The molecule has 0 unspecified atom stereocenters. The quantitative estimate of drug-likeness (QED) is 0.392. The van der Waals surface area contributed by atoms with Gasteiger partial charge in [0.2, 0.25) is 0 Å². The minimum atomic E-state index is -0.440. The molecule has 1 aliphatic heterocycles. The number of amides is 2. The Morgan fingerprint density at radius 2 is 1.32 bits per heavy atom. The monoisotopic (exact) mass is 335 g/mol. The summed E-state index contributed by atoms with van der Waals surface area (Å²) in [5.41, 5.74) is 5.14. The molecular weight excluding hydrogens is 322 g/mol. The third kappa shape index (κ3) is 3.78. The molecule has 124 valence electrons. The van der Waals surface area contributed by atoms with Crippen LogP contribution < -0.4 is 5.43 Å². The van der Waals surface area contributed by atoms with Crippen LogP contribution in [0.15, 0.2) is 60.7 Å². The average Bonchev–Trinajstić information content (AvgIpc) is 2.93. The number of hydrogen-bond acceptors (Lipinski definition) is 5. The number of nitrogens with zero attached hydrogens (tertiary/aromatic N) is 2. The fourth-order valence-electron chi connectivity index (χ4n) is 2.21. The van der Waals surface area contributed by atoms with Gasteiger partial charge in [-0.2, -0.15) is 5.01 Å². The molecule has 0 saturated heterocycles. The maximum Gasteiger partial charge on any atom is 0.272 e. The lowest BCUT2D eigenvalue weighted by Gasteiger charge is -2.16. The van der Waals surface area contributed by atoms with E-state index in [1.54, 1.807) is 24.3 Å². The standard InChI is InChI=1S/C18H13N3O4/c22-17-11-12-18(23)20(17)19-15-7-3-13(4-8-15)1-2-14-5-9-16(10-6-14)21(24)25/h1-12,19H.